The zero-order chi connectivity index (χ0) is 24.0. The summed E-state index contributed by atoms with van der Waals surface area (Å²) in [4.78, 5) is 29.3. The lowest BCUT2D eigenvalue weighted by Crippen LogP contribution is -2.48. The van der Waals surface area contributed by atoms with Crippen LogP contribution in [0.25, 0.3) is 16.6 Å². The van der Waals surface area contributed by atoms with Crippen LogP contribution in [-0.2, 0) is 4.79 Å². The summed E-state index contributed by atoms with van der Waals surface area (Å²) in [5, 5.41) is 4.91. The molecule has 2 aliphatic heterocycles. The van der Waals surface area contributed by atoms with Gasteiger partial charge in [0.1, 0.15) is 24.1 Å². The van der Waals surface area contributed by atoms with Crippen LogP contribution in [0.2, 0.25) is 0 Å². The summed E-state index contributed by atoms with van der Waals surface area (Å²) in [7, 11) is 0. The Bertz CT molecular complexity index is 1260. The third kappa shape index (κ3) is 3.74. The molecule has 2 aliphatic rings. The maximum absolute atomic E-state index is 14.3. The Morgan fingerprint density at radius 2 is 1.79 bits per heavy atom. The Hall–Kier alpha value is -3.63. The van der Waals surface area contributed by atoms with Crippen molar-refractivity contribution in [1.29, 1.82) is 0 Å². The number of carbonyl (C=O) groups excluding carboxylic acids is 2. The summed E-state index contributed by atoms with van der Waals surface area (Å²) in [6, 6.07) is 9.12. The van der Waals surface area contributed by atoms with E-state index >= 15 is 0 Å². The second-order valence-electron chi connectivity index (χ2n) is 8.36. The van der Waals surface area contributed by atoms with Crippen LogP contribution >= 0.6 is 0 Å². The zero-order valence-corrected chi connectivity index (χ0v) is 18.0. The summed E-state index contributed by atoms with van der Waals surface area (Å²) in [6.07, 6.45) is -2.79. The van der Waals surface area contributed by atoms with Gasteiger partial charge in [-0.1, -0.05) is 18.2 Å². The summed E-state index contributed by atoms with van der Waals surface area (Å²) >= 11 is 0. The van der Waals surface area contributed by atoms with Crippen LogP contribution < -0.4 is 4.90 Å². The van der Waals surface area contributed by atoms with E-state index in [9.17, 15) is 27.2 Å². The van der Waals surface area contributed by atoms with Crippen LogP contribution in [0.5, 0.6) is 0 Å². The predicted molar refractivity (Wildman–Crippen MR) is 116 cm³/mol. The molecular weight excluding hydrogens is 454 g/mol. The lowest BCUT2D eigenvalue weighted by molar-refractivity contribution is -0.182. The van der Waals surface area contributed by atoms with E-state index in [4.69, 9.17) is 0 Å². The number of nitrogens with zero attached hydrogens (tertiary/aromatic N) is 5. The smallest absolute Gasteiger partial charge is 0.329 e. The largest absolute Gasteiger partial charge is 0.408 e. The standard InChI is InChI=1S/C23H21F4N5O2/c24-16-5-1-2-6-19(16)32-18-8-3-7-17(15(18)13-28-32)30-12-11-29(22(30)34)14-21(33)31-10-4-9-20(31)23(25,26)27/h1-3,5-8,13,20H,4,9-12,14H2/t20-/m1/s1. The van der Waals surface area contributed by atoms with Crippen molar-refractivity contribution in [3.63, 3.8) is 0 Å². The molecule has 11 heteroatoms. The lowest BCUT2D eigenvalue weighted by atomic mass is 10.2. The summed E-state index contributed by atoms with van der Waals surface area (Å²) in [5.41, 5.74) is 1.39. The summed E-state index contributed by atoms with van der Waals surface area (Å²) in [5.74, 6) is -1.15. The van der Waals surface area contributed by atoms with Gasteiger partial charge in [-0.2, -0.15) is 18.3 Å². The molecule has 5 rings (SSSR count). The lowest BCUT2D eigenvalue weighted by Gasteiger charge is -2.28. The summed E-state index contributed by atoms with van der Waals surface area (Å²) in [6.45, 7) is 0.0847. The van der Waals surface area contributed by atoms with Gasteiger partial charge in [0.2, 0.25) is 5.91 Å². The number of fused-ring (bicyclic) bond motifs is 1. The Labute approximate surface area is 192 Å². The van der Waals surface area contributed by atoms with Crippen molar-refractivity contribution in [2.75, 3.05) is 31.1 Å². The number of benzene rings is 2. The SMILES string of the molecule is O=C1N(CC(=O)N2CCC[C@@H]2C(F)(F)F)CCN1c1cccc2c1cnn2-c1ccccc1F. The van der Waals surface area contributed by atoms with E-state index in [0.717, 1.165) is 4.90 Å². The van der Waals surface area contributed by atoms with Gasteiger partial charge in [0.15, 0.2) is 0 Å². The van der Waals surface area contributed by atoms with E-state index in [2.05, 4.69) is 5.10 Å². The van der Waals surface area contributed by atoms with Crippen molar-refractivity contribution in [3.8, 4) is 5.69 Å². The molecule has 0 N–H and O–H groups in total. The van der Waals surface area contributed by atoms with Crippen molar-refractivity contribution < 1.29 is 27.2 Å². The third-order valence-electron chi connectivity index (χ3n) is 6.33. The van der Waals surface area contributed by atoms with Crippen molar-refractivity contribution in [3.05, 3.63) is 54.5 Å². The molecule has 0 unspecified atom stereocenters. The average molecular weight is 475 g/mol. The number of urea groups is 1. The number of para-hydroxylation sites is 1. The van der Waals surface area contributed by atoms with Crippen LogP contribution in [-0.4, -0.2) is 69.9 Å². The maximum Gasteiger partial charge on any atom is 0.408 e. The van der Waals surface area contributed by atoms with Gasteiger partial charge in [0.25, 0.3) is 0 Å². The van der Waals surface area contributed by atoms with E-state index in [1.54, 1.807) is 36.4 Å². The number of hydrogen-bond donors (Lipinski definition) is 0. The van der Waals surface area contributed by atoms with Gasteiger partial charge >= 0.3 is 12.2 Å². The molecule has 1 aromatic heterocycles. The molecule has 7 nitrogen and oxygen atoms in total. The van der Waals surface area contributed by atoms with Gasteiger partial charge in [-0.15, -0.1) is 0 Å². The van der Waals surface area contributed by atoms with E-state index in [1.807, 2.05) is 0 Å². The minimum absolute atomic E-state index is 0.0310. The number of halogens is 4. The van der Waals surface area contributed by atoms with Crippen molar-refractivity contribution >= 4 is 28.5 Å². The first-order chi connectivity index (χ1) is 16.3. The molecule has 0 aliphatic carbocycles. The Kier molecular flexibility index (Phi) is 5.41. The molecular formula is C23H21F4N5O2. The molecule has 0 bridgehead atoms. The molecule has 2 aromatic carbocycles. The quantitative estimate of drug-likeness (QED) is 0.537. The number of aromatic nitrogens is 2. The minimum atomic E-state index is -4.48. The second kappa shape index (κ2) is 8.30. The highest BCUT2D eigenvalue weighted by Crippen LogP contribution is 2.34. The second-order valence-corrected chi connectivity index (χ2v) is 8.36. The molecule has 0 spiro atoms. The number of likely N-dealkylation sites (tertiary alicyclic amines) is 1. The van der Waals surface area contributed by atoms with E-state index in [1.165, 1.54) is 26.7 Å². The van der Waals surface area contributed by atoms with Crippen LogP contribution in [0.3, 0.4) is 0 Å². The number of alkyl halides is 3. The molecule has 2 saturated heterocycles. The molecule has 178 valence electrons. The molecule has 34 heavy (non-hydrogen) atoms. The van der Waals surface area contributed by atoms with Crippen molar-refractivity contribution in [1.82, 2.24) is 19.6 Å². The molecule has 3 aromatic rings. The normalized spacial score (nSPS) is 19.0. The first-order valence-corrected chi connectivity index (χ1v) is 10.9. The van der Waals surface area contributed by atoms with Gasteiger partial charge < -0.3 is 9.80 Å². The fourth-order valence-electron chi connectivity index (χ4n) is 4.70. The topological polar surface area (TPSA) is 61.7 Å². The van der Waals surface area contributed by atoms with Crippen LogP contribution in [0.15, 0.2) is 48.7 Å². The highest BCUT2D eigenvalue weighted by atomic mass is 19.4. The van der Waals surface area contributed by atoms with Crippen LogP contribution in [0.4, 0.5) is 28.0 Å². The third-order valence-corrected chi connectivity index (χ3v) is 6.33. The monoisotopic (exact) mass is 475 g/mol. The number of anilines is 1. The van der Waals surface area contributed by atoms with E-state index in [0.29, 0.717) is 16.6 Å². The Morgan fingerprint density at radius 3 is 2.56 bits per heavy atom. The fourth-order valence-corrected chi connectivity index (χ4v) is 4.70. The maximum atomic E-state index is 14.3. The van der Waals surface area contributed by atoms with E-state index < -0.39 is 36.5 Å². The molecule has 3 heterocycles. The van der Waals surface area contributed by atoms with Gasteiger partial charge in [-0.05, 0) is 37.1 Å². The molecule has 2 fully saturated rings. The average Bonchev–Trinajstić information content (AvgIpc) is 3.53. The molecule has 0 saturated carbocycles. The van der Waals surface area contributed by atoms with Gasteiger partial charge in [-0.25, -0.2) is 13.9 Å². The molecule has 1 atom stereocenters. The highest BCUT2D eigenvalue weighted by Gasteiger charge is 2.48. The number of carbonyl (C=O) groups is 2. The highest BCUT2D eigenvalue weighted by molar-refractivity contribution is 6.04. The van der Waals surface area contributed by atoms with Crippen molar-refractivity contribution in [2.24, 2.45) is 0 Å². The van der Waals surface area contributed by atoms with Gasteiger partial charge in [0.05, 0.1) is 17.4 Å². The Morgan fingerprint density at radius 1 is 1.03 bits per heavy atom. The number of hydrogen-bond acceptors (Lipinski definition) is 3. The molecule has 3 amide bonds. The van der Waals surface area contributed by atoms with Gasteiger partial charge in [-0.3, -0.25) is 9.69 Å². The van der Waals surface area contributed by atoms with E-state index in [-0.39, 0.29) is 38.2 Å². The predicted octanol–water partition coefficient (Wildman–Crippen LogP) is 3.96. The minimum Gasteiger partial charge on any atom is -0.329 e. The van der Waals surface area contributed by atoms with Crippen molar-refractivity contribution in [2.45, 2.75) is 25.1 Å². The fraction of sp³-hybridized carbons (Fsp3) is 0.348. The van der Waals surface area contributed by atoms with Gasteiger partial charge in [0, 0.05) is 25.0 Å². The van der Waals surface area contributed by atoms with Crippen LogP contribution in [0.1, 0.15) is 12.8 Å². The van der Waals surface area contributed by atoms with Crippen LogP contribution in [0, 0.1) is 5.82 Å². The Balaban J connectivity index is 1.37. The number of rotatable bonds is 4. The number of amides is 3. The molecule has 0 radical (unpaired) electrons. The first kappa shape index (κ1) is 22.2. The first-order valence-electron chi connectivity index (χ1n) is 10.9. The zero-order valence-electron chi connectivity index (χ0n) is 18.0. The summed E-state index contributed by atoms with van der Waals surface area (Å²) < 4.78 is 55.4.